The maximum Gasteiger partial charge on any atom is 0.247 e. The minimum absolute atomic E-state index is 0.0240. The lowest BCUT2D eigenvalue weighted by molar-refractivity contribution is -0.145. The zero-order valence-electron chi connectivity index (χ0n) is 20.2. The molecule has 5 aliphatic rings. The molecule has 188 valence electrons. The fraction of sp³-hybridized carbons (Fsp3) is 0.654. The second-order valence-electron chi connectivity index (χ2n) is 10.7. The van der Waals surface area contributed by atoms with E-state index in [1.165, 1.54) is 0 Å². The van der Waals surface area contributed by atoms with Crippen LogP contribution in [-0.4, -0.2) is 97.0 Å². The van der Waals surface area contributed by atoms with Gasteiger partial charge < -0.3 is 14.5 Å². The molecule has 4 atom stereocenters. The van der Waals surface area contributed by atoms with Gasteiger partial charge in [0.15, 0.2) is 0 Å². The van der Waals surface area contributed by atoms with E-state index in [4.69, 9.17) is 4.74 Å². The number of likely N-dealkylation sites (tertiary alicyclic amines) is 1. The van der Waals surface area contributed by atoms with Crippen LogP contribution in [0, 0.1) is 17.8 Å². The third-order valence-electron chi connectivity index (χ3n) is 8.24. The summed E-state index contributed by atoms with van der Waals surface area (Å²) in [6.45, 7) is 5.13. The number of nitrogens with one attached hydrogen (secondary N) is 1. The number of benzene rings is 1. The molecular formula is C26H35N5O4. The van der Waals surface area contributed by atoms with E-state index in [1.54, 1.807) is 5.01 Å². The molecule has 5 fully saturated rings. The van der Waals surface area contributed by atoms with Crippen LogP contribution >= 0.6 is 0 Å². The predicted octanol–water partition coefficient (Wildman–Crippen LogP) is 0.714. The van der Waals surface area contributed by atoms with Gasteiger partial charge >= 0.3 is 0 Å². The molecule has 1 N–H and O–H groups in total. The third-order valence-corrected chi connectivity index (χ3v) is 8.24. The summed E-state index contributed by atoms with van der Waals surface area (Å²) in [5.41, 5.74) is 4.21. The van der Waals surface area contributed by atoms with Gasteiger partial charge in [-0.3, -0.25) is 19.3 Å². The van der Waals surface area contributed by atoms with Crippen LogP contribution in [0.25, 0.3) is 0 Å². The Hall–Kier alpha value is -2.49. The van der Waals surface area contributed by atoms with Crippen molar-refractivity contribution >= 4 is 23.4 Å². The first-order valence-electron chi connectivity index (χ1n) is 13.1. The second-order valence-corrected chi connectivity index (χ2v) is 10.7. The Bertz CT molecular complexity index is 956. The molecule has 1 aliphatic carbocycles. The summed E-state index contributed by atoms with van der Waals surface area (Å²) in [6, 6.07) is 9.36. The zero-order chi connectivity index (χ0) is 23.9. The number of hydrogen-bond acceptors (Lipinski definition) is 6. The first-order chi connectivity index (χ1) is 17.1. The minimum atomic E-state index is -0.321. The van der Waals surface area contributed by atoms with Crippen LogP contribution in [0.4, 0.5) is 5.69 Å². The summed E-state index contributed by atoms with van der Waals surface area (Å²) in [6.07, 6.45) is 4.28. The number of amides is 3. The minimum Gasteiger partial charge on any atom is -0.377 e. The van der Waals surface area contributed by atoms with Crippen LogP contribution in [0.2, 0.25) is 0 Å². The summed E-state index contributed by atoms with van der Waals surface area (Å²) in [5.74, 6) is -0.0308. The molecule has 4 unspecified atom stereocenters. The van der Waals surface area contributed by atoms with Crippen molar-refractivity contribution < 1.29 is 19.1 Å². The fourth-order valence-corrected chi connectivity index (χ4v) is 6.13. The second kappa shape index (κ2) is 9.52. The van der Waals surface area contributed by atoms with E-state index >= 15 is 0 Å². The quantitative estimate of drug-likeness (QED) is 0.667. The van der Waals surface area contributed by atoms with Crippen molar-refractivity contribution in [2.24, 2.45) is 17.8 Å². The van der Waals surface area contributed by atoms with Crippen molar-refractivity contribution in [3.63, 3.8) is 0 Å². The number of carbonyl (C=O) groups is 3. The number of anilines is 1. The Morgan fingerprint density at radius 3 is 2.31 bits per heavy atom. The molecular weight excluding hydrogens is 446 g/mol. The smallest absolute Gasteiger partial charge is 0.247 e. The standard InChI is InChI=1S/C26H35N5O4/c32-24(18-8-9-18)29-10-12-30(13-11-29)25(33)21-16-28(15-20-7-4-14-35-20)17-22-23(21)27-31(26(22)34)19-5-2-1-3-6-19/h1-3,5-6,18,20-23,27H,4,7-17H2. The summed E-state index contributed by atoms with van der Waals surface area (Å²) >= 11 is 0. The predicted molar refractivity (Wildman–Crippen MR) is 129 cm³/mol. The highest BCUT2D eigenvalue weighted by molar-refractivity contribution is 5.98. The summed E-state index contributed by atoms with van der Waals surface area (Å²) in [7, 11) is 0. The van der Waals surface area contributed by atoms with Gasteiger partial charge in [0.25, 0.3) is 0 Å². The van der Waals surface area contributed by atoms with Crippen molar-refractivity contribution in [3.8, 4) is 0 Å². The first-order valence-corrected chi connectivity index (χ1v) is 13.1. The van der Waals surface area contributed by atoms with Gasteiger partial charge in [-0.15, -0.1) is 0 Å². The van der Waals surface area contributed by atoms with E-state index < -0.39 is 0 Å². The molecule has 1 aromatic carbocycles. The number of piperidine rings is 1. The fourth-order valence-electron chi connectivity index (χ4n) is 6.13. The van der Waals surface area contributed by atoms with E-state index in [9.17, 15) is 14.4 Å². The highest BCUT2D eigenvalue weighted by atomic mass is 16.5. The zero-order valence-corrected chi connectivity index (χ0v) is 20.2. The summed E-state index contributed by atoms with van der Waals surface area (Å²) in [4.78, 5) is 45.9. The first kappa shape index (κ1) is 22.9. The molecule has 9 heteroatoms. The number of para-hydroxylation sites is 1. The number of ether oxygens (including phenoxy) is 1. The van der Waals surface area contributed by atoms with Crippen molar-refractivity contribution in [2.45, 2.75) is 37.8 Å². The van der Waals surface area contributed by atoms with Gasteiger partial charge in [-0.05, 0) is 37.8 Å². The van der Waals surface area contributed by atoms with Crippen molar-refractivity contribution in [3.05, 3.63) is 30.3 Å². The number of hydrazine groups is 1. The maximum absolute atomic E-state index is 13.8. The van der Waals surface area contributed by atoms with Gasteiger partial charge in [-0.2, -0.15) is 0 Å². The van der Waals surface area contributed by atoms with Crippen LogP contribution in [-0.2, 0) is 19.1 Å². The molecule has 0 spiro atoms. The van der Waals surface area contributed by atoms with Gasteiger partial charge in [0.05, 0.1) is 29.7 Å². The molecule has 0 bridgehead atoms. The van der Waals surface area contributed by atoms with Crippen molar-refractivity contribution in [2.75, 3.05) is 57.4 Å². The Kier molecular flexibility index (Phi) is 6.24. The molecule has 6 rings (SSSR count). The molecule has 0 radical (unpaired) electrons. The third kappa shape index (κ3) is 4.57. The van der Waals surface area contributed by atoms with Crippen molar-refractivity contribution in [1.29, 1.82) is 0 Å². The summed E-state index contributed by atoms with van der Waals surface area (Å²) < 4.78 is 5.87. The number of carbonyl (C=O) groups excluding carboxylic acids is 3. The monoisotopic (exact) mass is 481 g/mol. The largest absolute Gasteiger partial charge is 0.377 e. The molecule has 3 amide bonds. The van der Waals surface area contributed by atoms with Gasteiger partial charge in [0.2, 0.25) is 17.7 Å². The van der Waals surface area contributed by atoms with Crippen LogP contribution in [0.15, 0.2) is 30.3 Å². The Balaban J connectivity index is 1.18. The number of hydrogen-bond donors (Lipinski definition) is 1. The molecule has 1 aromatic rings. The highest BCUT2D eigenvalue weighted by Gasteiger charge is 2.52. The molecule has 4 saturated heterocycles. The topological polar surface area (TPSA) is 85.4 Å². The Labute approximate surface area is 206 Å². The van der Waals surface area contributed by atoms with E-state index in [-0.39, 0.29) is 47.6 Å². The number of piperazine rings is 1. The SMILES string of the molecule is O=C(C1CC1)N1CCN(C(=O)C2CN(CC3CCCO3)CC3C(=O)N(c4ccccc4)NC23)CC1. The number of fused-ring (bicyclic) bond motifs is 1. The average molecular weight is 482 g/mol. The number of rotatable bonds is 5. The number of nitrogens with zero attached hydrogens (tertiary/aromatic N) is 4. The Morgan fingerprint density at radius 2 is 1.66 bits per heavy atom. The Morgan fingerprint density at radius 1 is 0.943 bits per heavy atom. The van der Waals surface area contributed by atoms with Gasteiger partial charge in [0, 0.05) is 58.3 Å². The maximum atomic E-state index is 13.8. The van der Waals surface area contributed by atoms with Crippen LogP contribution in [0.1, 0.15) is 25.7 Å². The van der Waals surface area contributed by atoms with E-state index in [0.29, 0.717) is 39.3 Å². The lowest BCUT2D eigenvalue weighted by Gasteiger charge is -2.42. The van der Waals surface area contributed by atoms with E-state index in [0.717, 1.165) is 44.5 Å². The van der Waals surface area contributed by atoms with Crippen molar-refractivity contribution in [1.82, 2.24) is 20.1 Å². The van der Waals surface area contributed by atoms with Crippen LogP contribution in [0.3, 0.4) is 0 Å². The van der Waals surface area contributed by atoms with E-state index in [2.05, 4.69) is 10.3 Å². The molecule has 4 aliphatic heterocycles. The molecule has 4 heterocycles. The summed E-state index contributed by atoms with van der Waals surface area (Å²) in [5, 5.41) is 1.64. The van der Waals surface area contributed by atoms with Gasteiger partial charge in [0.1, 0.15) is 0 Å². The molecule has 35 heavy (non-hydrogen) atoms. The lowest BCUT2D eigenvalue weighted by atomic mass is 9.83. The molecule has 0 aromatic heterocycles. The lowest BCUT2D eigenvalue weighted by Crippen LogP contribution is -2.60. The highest BCUT2D eigenvalue weighted by Crippen LogP contribution is 2.34. The van der Waals surface area contributed by atoms with Crippen LogP contribution in [0.5, 0.6) is 0 Å². The van der Waals surface area contributed by atoms with Gasteiger partial charge in [-0.25, -0.2) is 10.4 Å². The average Bonchev–Trinajstić information content (AvgIpc) is 3.53. The molecule has 9 nitrogen and oxygen atoms in total. The molecule has 1 saturated carbocycles. The van der Waals surface area contributed by atoms with E-state index in [1.807, 2.05) is 40.1 Å². The normalized spacial score (nSPS) is 31.7. The van der Waals surface area contributed by atoms with Gasteiger partial charge in [-0.1, -0.05) is 18.2 Å². The van der Waals surface area contributed by atoms with Crippen LogP contribution < -0.4 is 10.4 Å².